The summed E-state index contributed by atoms with van der Waals surface area (Å²) in [6.07, 6.45) is 4.52. The van der Waals surface area contributed by atoms with Gasteiger partial charge in [-0.2, -0.15) is 9.40 Å². The van der Waals surface area contributed by atoms with Crippen LogP contribution in [0.1, 0.15) is 18.4 Å². The number of aryl methyl sites for hydroxylation is 2. The summed E-state index contributed by atoms with van der Waals surface area (Å²) in [5.74, 6) is 0.0777. The Morgan fingerprint density at radius 2 is 2.04 bits per heavy atom. The fraction of sp³-hybridized carbons (Fsp3) is 0.444. The lowest BCUT2D eigenvalue weighted by Crippen LogP contribution is -2.44. The Bertz CT molecular complexity index is 892. The average molecular weight is 391 g/mol. The van der Waals surface area contributed by atoms with Crippen LogP contribution >= 0.6 is 0 Å². The first-order valence-electron chi connectivity index (χ1n) is 8.95. The number of anilines is 1. The minimum Gasteiger partial charge on any atom is -0.338 e. The van der Waals surface area contributed by atoms with Gasteiger partial charge in [-0.05, 0) is 37.8 Å². The number of aromatic nitrogens is 2. The van der Waals surface area contributed by atoms with E-state index in [0.29, 0.717) is 19.6 Å². The first-order valence-corrected chi connectivity index (χ1v) is 10.4. The largest absolute Gasteiger partial charge is 0.338 e. The quantitative estimate of drug-likeness (QED) is 0.814. The number of amides is 2. The second kappa shape index (κ2) is 8.10. The molecule has 2 N–H and O–H groups in total. The maximum atomic E-state index is 12.7. The molecule has 2 heterocycles. The molecule has 0 bridgehead atoms. The van der Waals surface area contributed by atoms with Crippen molar-refractivity contribution >= 4 is 21.7 Å². The minimum absolute atomic E-state index is 0.0777. The van der Waals surface area contributed by atoms with Crippen molar-refractivity contribution in [1.29, 1.82) is 0 Å². The zero-order chi connectivity index (χ0) is 19.4. The van der Waals surface area contributed by atoms with Crippen molar-refractivity contribution < 1.29 is 13.2 Å². The van der Waals surface area contributed by atoms with Crippen molar-refractivity contribution in [3.05, 3.63) is 42.2 Å². The van der Waals surface area contributed by atoms with Crippen LogP contribution in [0.15, 0.2) is 41.6 Å². The third kappa shape index (κ3) is 4.86. The summed E-state index contributed by atoms with van der Waals surface area (Å²) < 4.78 is 28.4. The highest BCUT2D eigenvalue weighted by atomic mass is 32.2. The van der Waals surface area contributed by atoms with E-state index in [4.69, 9.17) is 0 Å². The smallest absolute Gasteiger partial charge is 0.319 e. The van der Waals surface area contributed by atoms with Gasteiger partial charge in [0.05, 0.1) is 6.20 Å². The number of hydrogen-bond donors (Lipinski definition) is 2. The lowest BCUT2D eigenvalue weighted by atomic mass is 10.00. The highest BCUT2D eigenvalue weighted by Gasteiger charge is 2.31. The molecule has 1 aliphatic heterocycles. The van der Waals surface area contributed by atoms with E-state index >= 15 is 0 Å². The SMILES string of the molecule is Cc1ccc(NC(=O)NCC2CCCN(S(=O)(=O)c3cnn(C)c3)C2)cc1. The molecule has 0 radical (unpaired) electrons. The Labute approximate surface area is 159 Å². The molecule has 27 heavy (non-hydrogen) atoms. The third-order valence-corrected chi connectivity index (χ3v) is 6.48. The molecule has 2 amide bonds. The first-order chi connectivity index (χ1) is 12.8. The van der Waals surface area contributed by atoms with Crippen molar-refractivity contribution in [3.63, 3.8) is 0 Å². The molecule has 3 rings (SSSR count). The molecule has 1 unspecified atom stereocenters. The number of carbonyl (C=O) groups is 1. The summed E-state index contributed by atoms with van der Waals surface area (Å²) in [5, 5.41) is 9.58. The lowest BCUT2D eigenvalue weighted by Gasteiger charge is -2.31. The molecule has 0 aliphatic carbocycles. The Hall–Kier alpha value is -2.39. The van der Waals surface area contributed by atoms with E-state index in [9.17, 15) is 13.2 Å². The van der Waals surface area contributed by atoms with Crippen molar-refractivity contribution in [2.75, 3.05) is 25.0 Å². The molecule has 146 valence electrons. The Morgan fingerprint density at radius 1 is 1.30 bits per heavy atom. The summed E-state index contributed by atoms with van der Waals surface area (Å²) in [6, 6.07) is 7.26. The van der Waals surface area contributed by atoms with Crippen LogP contribution in [0.25, 0.3) is 0 Å². The van der Waals surface area contributed by atoms with Crippen LogP contribution in [-0.4, -0.2) is 48.2 Å². The van der Waals surface area contributed by atoms with Crippen LogP contribution in [0.3, 0.4) is 0 Å². The summed E-state index contributed by atoms with van der Waals surface area (Å²) in [6.45, 7) is 3.29. The zero-order valence-electron chi connectivity index (χ0n) is 15.6. The maximum Gasteiger partial charge on any atom is 0.319 e. The molecule has 1 fully saturated rings. The molecular formula is C18H25N5O3S. The van der Waals surface area contributed by atoms with Crippen molar-refractivity contribution in [1.82, 2.24) is 19.4 Å². The van der Waals surface area contributed by atoms with Crippen LogP contribution in [0.4, 0.5) is 10.5 Å². The highest BCUT2D eigenvalue weighted by Crippen LogP contribution is 2.23. The third-order valence-electron chi connectivity index (χ3n) is 4.66. The fourth-order valence-corrected chi connectivity index (χ4v) is 4.68. The normalized spacial score (nSPS) is 18.2. The van der Waals surface area contributed by atoms with Gasteiger partial charge >= 0.3 is 6.03 Å². The van der Waals surface area contributed by atoms with Crippen LogP contribution in [0.2, 0.25) is 0 Å². The summed E-state index contributed by atoms with van der Waals surface area (Å²) in [7, 11) is -1.85. The number of sulfonamides is 1. The number of piperidine rings is 1. The molecule has 1 saturated heterocycles. The maximum absolute atomic E-state index is 12.7. The molecule has 0 saturated carbocycles. The highest BCUT2D eigenvalue weighted by molar-refractivity contribution is 7.89. The van der Waals surface area contributed by atoms with Crippen LogP contribution < -0.4 is 10.6 Å². The molecule has 1 aromatic heterocycles. The Balaban J connectivity index is 1.53. The van der Waals surface area contributed by atoms with Crippen LogP contribution in [-0.2, 0) is 17.1 Å². The number of carbonyl (C=O) groups excluding carboxylic acids is 1. The van der Waals surface area contributed by atoms with Crippen molar-refractivity contribution in [2.24, 2.45) is 13.0 Å². The number of rotatable bonds is 5. The van der Waals surface area contributed by atoms with Gasteiger partial charge in [0.2, 0.25) is 10.0 Å². The molecule has 1 aliphatic rings. The van der Waals surface area contributed by atoms with Crippen molar-refractivity contribution in [2.45, 2.75) is 24.7 Å². The topological polar surface area (TPSA) is 96.3 Å². The van der Waals surface area contributed by atoms with Gasteiger partial charge in [-0.25, -0.2) is 13.2 Å². The van der Waals surface area contributed by atoms with E-state index in [-0.39, 0.29) is 16.8 Å². The minimum atomic E-state index is -3.54. The van der Waals surface area contributed by atoms with Crippen molar-refractivity contribution in [3.8, 4) is 0 Å². The molecule has 0 spiro atoms. The van der Waals surface area contributed by atoms with Gasteiger partial charge in [-0.3, -0.25) is 4.68 Å². The van der Waals surface area contributed by atoms with Gasteiger partial charge in [0.1, 0.15) is 4.90 Å². The Kier molecular flexibility index (Phi) is 5.81. The monoisotopic (exact) mass is 391 g/mol. The van der Waals surface area contributed by atoms with E-state index < -0.39 is 10.0 Å². The lowest BCUT2D eigenvalue weighted by molar-refractivity contribution is 0.238. The second-order valence-electron chi connectivity index (χ2n) is 6.92. The fourth-order valence-electron chi connectivity index (χ4n) is 3.14. The molecular weight excluding hydrogens is 366 g/mol. The van der Waals surface area contributed by atoms with Gasteiger partial charge in [-0.1, -0.05) is 17.7 Å². The van der Waals surface area contributed by atoms with E-state index in [1.165, 1.54) is 21.4 Å². The van der Waals surface area contributed by atoms with E-state index in [0.717, 1.165) is 24.1 Å². The molecule has 9 heteroatoms. The van der Waals surface area contributed by atoms with E-state index in [2.05, 4.69) is 15.7 Å². The van der Waals surface area contributed by atoms with Crippen LogP contribution in [0.5, 0.6) is 0 Å². The van der Waals surface area contributed by atoms with E-state index in [1.54, 1.807) is 7.05 Å². The molecule has 1 aromatic carbocycles. The predicted molar refractivity (Wildman–Crippen MR) is 103 cm³/mol. The second-order valence-corrected chi connectivity index (χ2v) is 8.86. The van der Waals surface area contributed by atoms with Gasteiger partial charge < -0.3 is 10.6 Å². The number of nitrogens with zero attached hydrogens (tertiary/aromatic N) is 3. The van der Waals surface area contributed by atoms with Gasteiger partial charge in [-0.15, -0.1) is 0 Å². The van der Waals surface area contributed by atoms with Gasteiger partial charge in [0.15, 0.2) is 0 Å². The Morgan fingerprint density at radius 3 is 2.70 bits per heavy atom. The number of nitrogens with one attached hydrogen (secondary N) is 2. The van der Waals surface area contributed by atoms with Gasteiger partial charge in [0.25, 0.3) is 0 Å². The van der Waals surface area contributed by atoms with Gasteiger partial charge in [0, 0.05) is 38.6 Å². The predicted octanol–water partition coefficient (Wildman–Crippen LogP) is 1.95. The van der Waals surface area contributed by atoms with E-state index in [1.807, 2.05) is 31.2 Å². The summed E-state index contributed by atoms with van der Waals surface area (Å²) in [5.41, 5.74) is 1.85. The van der Waals surface area contributed by atoms with Crippen LogP contribution in [0, 0.1) is 12.8 Å². The number of benzene rings is 1. The average Bonchev–Trinajstić information content (AvgIpc) is 3.09. The molecule has 1 atom stereocenters. The number of urea groups is 1. The number of hydrogen-bond acceptors (Lipinski definition) is 4. The standard InChI is InChI=1S/C18H25N5O3S/c1-14-5-7-16(8-6-14)21-18(24)19-10-15-4-3-9-23(12-15)27(25,26)17-11-20-22(2)13-17/h5-8,11,13,15H,3-4,9-10,12H2,1-2H3,(H2,19,21,24). The summed E-state index contributed by atoms with van der Waals surface area (Å²) in [4.78, 5) is 12.3. The molecule has 8 nitrogen and oxygen atoms in total. The molecule has 2 aromatic rings. The first kappa shape index (κ1) is 19.4. The summed E-state index contributed by atoms with van der Waals surface area (Å²) >= 11 is 0. The zero-order valence-corrected chi connectivity index (χ0v) is 16.4.